The summed E-state index contributed by atoms with van der Waals surface area (Å²) in [6.07, 6.45) is 1.54. The highest BCUT2D eigenvalue weighted by Gasteiger charge is 2.03. The first-order chi connectivity index (χ1) is 12.1. The largest absolute Gasteiger partial charge is 0.496 e. The minimum absolute atomic E-state index is 0.127. The van der Waals surface area contributed by atoms with Gasteiger partial charge in [0.25, 0.3) is 5.91 Å². The molecule has 0 aromatic heterocycles. The van der Waals surface area contributed by atoms with E-state index in [1.807, 2.05) is 25.1 Å². The summed E-state index contributed by atoms with van der Waals surface area (Å²) in [7, 11) is 1.60. The van der Waals surface area contributed by atoms with Crippen LogP contribution in [-0.2, 0) is 4.79 Å². The molecule has 0 aliphatic carbocycles. The number of ether oxygens (including phenoxy) is 3. The van der Waals surface area contributed by atoms with Crippen LogP contribution >= 0.6 is 15.9 Å². The standard InChI is InChI=1S/C18H19BrN2O4/c1-3-24-14-5-7-15(8-6-14)25-12-18(22)21-20-11-13-4-9-17(23-2)16(19)10-13/h4-11H,3,12H2,1-2H3,(H,21,22)/b20-11+. The summed E-state index contributed by atoms with van der Waals surface area (Å²) in [5.41, 5.74) is 3.24. The summed E-state index contributed by atoms with van der Waals surface area (Å²) in [5, 5.41) is 3.90. The van der Waals surface area contributed by atoms with Crippen molar-refractivity contribution in [1.29, 1.82) is 0 Å². The van der Waals surface area contributed by atoms with Crippen LogP contribution in [-0.4, -0.2) is 32.4 Å². The lowest BCUT2D eigenvalue weighted by Crippen LogP contribution is -2.24. The van der Waals surface area contributed by atoms with Crippen LogP contribution in [0.25, 0.3) is 0 Å². The van der Waals surface area contributed by atoms with Gasteiger partial charge < -0.3 is 14.2 Å². The molecule has 2 rings (SSSR count). The van der Waals surface area contributed by atoms with Crippen LogP contribution in [0.1, 0.15) is 12.5 Å². The van der Waals surface area contributed by atoms with Crippen molar-refractivity contribution in [2.75, 3.05) is 20.3 Å². The first-order valence-corrected chi connectivity index (χ1v) is 8.42. The second-order valence-electron chi connectivity index (χ2n) is 4.88. The molecule has 1 N–H and O–H groups in total. The van der Waals surface area contributed by atoms with E-state index in [2.05, 4.69) is 26.5 Å². The van der Waals surface area contributed by atoms with Crippen LogP contribution in [0, 0.1) is 0 Å². The molecule has 0 bridgehead atoms. The molecule has 0 unspecified atom stereocenters. The van der Waals surface area contributed by atoms with Gasteiger partial charge in [0.05, 0.1) is 24.4 Å². The lowest BCUT2D eigenvalue weighted by molar-refractivity contribution is -0.123. The van der Waals surface area contributed by atoms with Gasteiger partial charge >= 0.3 is 0 Å². The van der Waals surface area contributed by atoms with Crippen LogP contribution < -0.4 is 19.6 Å². The molecule has 25 heavy (non-hydrogen) atoms. The molecule has 2 aromatic carbocycles. The normalized spacial score (nSPS) is 10.5. The highest BCUT2D eigenvalue weighted by molar-refractivity contribution is 9.10. The fraction of sp³-hybridized carbons (Fsp3) is 0.222. The second kappa shape index (κ2) is 9.68. The first-order valence-electron chi connectivity index (χ1n) is 7.63. The molecule has 0 fully saturated rings. The first kappa shape index (κ1) is 18.8. The van der Waals surface area contributed by atoms with E-state index in [4.69, 9.17) is 14.2 Å². The van der Waals surface area contributed by atoms with Crippen molar-refractivity contribution in [3.63, 3.8) is 0 Å². The molecule has 0 heterocycles. The average molecular weight is 407 g/mol. The molecule has 1 amide bonds. The number of nitrogens with one attached hydrogen (secondary N) is 1. The molecule has 0 atom stereocenters. The molecular weight excluding hydrogens is 388 g/mol. The Morgan fingerprint density at radius 2 is 1.84 bits per heavy atom. The van der Waals surface area contributed by atoms with E-state index >= 15 is 0 Å². The number of hydrogen-bond acceptors (Lipinski definition) is 5. The third kappa shape index (κ3) is 6.11. The summed E-state index contributed by atoms with van der Waals surface area (Å²) in [5.74, 6) is 1.72. The van der Waals surface area contributed by atoms with E-state index in [0.29, 0.717) is 12.4 Å². The Hall–Kier alpha value is -2.54. The predicted octanol–water partition coefficient (Wildman–Crippen LogP) is 3.39. The zero-order chi connectivity index (χ0) is 18.1. The van der Waals surface area contributed by atoms with E-state index in [9.17, 15) is 4.79 Å². The molecule has 0 saturated heterocycles. The number of rotatable bonds is 8. The minimum Gasteiger partial charge on any atom is -0.496 e. The number of methoxy groups -OCH3 is 1. The van der Waals surface area contributed by atoms with Gasteiger partial charge in [-0.3, -0.25) is 4.79 Å². The van der Waals surface area contributed by atoms with Crippen molar-refractivity contribution in [3.05, 3.63) is 52.5 Å². The number of nitrogens with zero attached hydrogens (tertiary/aromatic N) is 1. The predicted molar refractivity (Wildman–Crippen MR) is 99.5 cm³/mol. The van der Waals surface area contributed by atoms with Crippen LogP contribution in [0.2, 0.25) is 0 Å². The Bertz CT molecular complexity index is 732. The van der Waals surface area contributed by atoms with Crippen molar-refractivity contribution >= 4 is 28.1 Å². The molecule has 0 aliphatic rings. The molecule has 0 spiro atoms. The highest BCUT2D eigenvalue weighted by atomic mass is 79.9. The number of benzene rings is 2. The summed E-state index contributed by atoms with van der Waals surface area (Å²) in [6, 6.07) is 12.5. The van der Waals surface area contributed by atoms with Gasteiger partial charge in [-0.15, -0.1) is 0 Å². The van der Waals surface area contributed by atoms with Gasteiger partial charge in [0.2, 0.25) is 0 Å². The molecule has 2 aromatic rings. The SMILES string of the molecule is CCOc1ccc(OCC(=O)N/N=C/c2ccc(OC)c(Br)c2)cc1. The highest BCUT2D eigenvalue weighted by Crippen LogP contribution is 2.24. The van der Waals surface area contributed by atoms with E-state index in [-0.39, 0.29) is 12.5 Å². The van der Waals surface area contributed by atoms with Gasteiger partial charge in [0, 0.05) is 0 Å². The summed E-state index contributed by atoms with van der Waals surface area (Å²) in [4.78, 5) is 11.7. The number of halogens is 1. The van der Waals surface area contributed by atoms with Crippen molar-refractivity contribution in [2.24, 2.45) is 5.10 Å². The molecule has 0 radical (unpaired) electrons. The van der Waals surface area contributed by atoms with Crippen molar-refractivity contribution in [1.82, 2.24) is 5.43 Å². The zero-order valence-electron chi connectivity index (χ0n) is 14.0. The van der Waals surface area contributed by atoms with Gasteiger partial charge in [0.1, 0.15) is 17.2 Å². The maximum absolute atomic E-state index is 11.7. The third-order valence-electron chi connectivity index (χ3n) is 3.08. The fourth-order valence-corrected chi connectivity index (χ4v) is 2.48. The Morgan fingerprint density at radius 3 is 2.44 bits per heavy atom. The molecular formula is C18H19BrN2O4. The van der Waals surface area contributed by atoms with E-state index in [1.54, 1.807) is 37.6 Å². The Labute approximate surface area is 154 Å². The third-order valence-corrected chi connectivity index (χ3v) is 3.70. The minimum atomic E-state index is -0.349. The number of hydrazone groups is 1. The van der Waals surface area contributed by atoms with Crippen molar-refractivity contribution in [3.8, 4) is 17.2 Å². The van der Waals surface area contributed by atoms with Crippen LogP contribution in [0.5, 0.6) is 17.2 Å². The van der Waals surface area contributed by atoms with Crippen LogP contribution in [0.4, 0.5) is 0 Å². The average Bonchev–Trinajstić information content (AvgIpc) is 2.61. The zero-order valence-corrected chi connectivity index (χ0v) is 15.6. The topological polar surface area (TPSA) is 69.2 Å². The lowest BCUT2D eigenvalue weighted by atomic mass is 10.2. The van der Waals surface area contributed by atoms with Gasteiger partial charge in [-0.2, -0.15) is 5.10 Å². The smallest absolute Gasteiger partial charge is 0.277 e. The van der Waals surface area contributed by atoms with Gasteiger partial charge in [-0.25, -0.2) is 5.43 Å². The molecule has 132 valence electrons. The van der Waals surface area contributed by atoms with Gasteiger partial charge in [-0.05, 0) is 70.9 Å². The maximum Gasteiger partial charge on any atom is 0.277 e. The Balaban J connectivity index is 1.79. The van der Waals surface area contributed by atoms with Crippen LogP contribution in [0.3, 0.4) is 0 Å². The van der Waals surface area contributed by atoms with Crippen molar-refractivity contribution < 1.29 is 19.0 Å². The fourth-order valence-electron chi connectivity index (χ4n) is 1.92. The molecule has 6 nitrogen and oxygen atoms in total. The van der Waals surface area contributed by atoms with Gasteiger partial charge in [-0.1, -0.05) is 0 Å². The Morgan fingerprint density at radius 1 is 1.16 bits per heavy atom. The van der Waals surface area contributed by atoms with Crippen LogP contribution in [0.15, 0.2) is 52.0 Å². The van der Waals surface area contributed by atoms with E-state index < -0.39 is 0 Å². The molecule has 0 saturated carbocycles. The summed E-state index contributed by atoms with van der Waals surface area (Å²) >= 11 is 3.39. The molecule has 0 aliphatic heterocycles. The summed E-state index contributed by atoms with van der Waals surface area (Å²) < 4.78 is 16.7. The number of carbonyl (C=O) groups excluding carboxylic acids is 1. The lowest BCUT2D eigenvalue weighted by Gasteiger charge is -2.07. The van der Waals surface area contributed by atoms with E-state index in [0.717, 1.165) is 21.5 Å². The second-order valence-corrected chi connectivity index (χ2v) is 5.73. The molecule has 7 heteroatoms. The number of hydrogen-bond donors (Lipinski definition) is 1. The van der Waals surface area contributed by atoms with Gasteiger partial charge in [0.15, 0.2) is 6.61 Å². The summed E-state index contributed by atoms with van der Waals surface area (Å²) in [6.45, 7) is 2.39. The number of carbonyl (C=O) groups is 1. The Kier molecular flexibility index (Phi) is 7.28. The van der Waals surface area contributed by atoms with Crippen molar-refractivity contribution in [2.45, 2.75) is 6.92 Å². The maximum atomic E-state index is 11.7. The van der Waals surface area contributed by atoms with E-state index in [1.165, 1.54) is 0 Å². The monoisotopic (exact) mass is 406 g/mol. The quantitative estimate of drug-likeness (QED) is 0.538. The number of amides is 1.